The predicted octanol–water partition coefficient (Wildman–Crippen LogP) is 3.93. The van der Waals surface area contributed by atoms with Gasteiger partial charge in [-0.15, -0.1) is 0 Å². The van der Waals surface area contributed by atoms with Gasteiger partial charge in [0.25, 0.3) is 5.91 Å². The van der Waals surface area contributed by atoms with Crippen molar-refractivity contribution in [1.82, 2.24) is 10.1 Å². The number of nitrogens with zero attached hydrogens (tertiary/aromatic N) is 2. The van der Waals surface area contributed by atoms with E-state index in [1.165, 1.54) is 25.3 Å². The van der Waals surface area contributed by atoms with Gasteiger partial charge in [0.05, 0.1) is 12.7 Å². The fourth-order valence-corrected chi connectivity index (χ4v) is 2.61. The Morgan fingerprint density at radius 3 is 2.64 bits per heavy atom. The molecule has 1 fully saturated rings. The van der Waals surface area contributed by atoms with Crippen molar-refractivity contribution in [2.45, 2.75) is 25.4 Å². The first-order valence-electron chi connectivity index (χ1n) is 8.82. The van der Waals surface area contributed by atoms with E-state index in [1.54, 1.807) is 24.3 Å². The van der Waals surface area contributed by atoms with Crippen LogP contribution in [0.15, 0.2) is 47.0 Å². The first kappa shape index (κ1) is 18.0. The molecule has 0 spiro atoms. The smallest absolute Gasteiger partial charge is 0.258 e. The maximum Gasteiger partial charge on any atom is 0.258 e. The van der Waals surface area contributed by atoms with E-state index in [2.05, 4.69) is 15.5 Å². The van der Waals surface area contributed by atoms with Crippen molar-refractivity contribution in [2.75, 3.05) is 12.4 Å². The molecule has 1 aromatic heterocycles. The van der Waals surface area contributed by atoms with Crippen molar-refractivity contribution in [2.24, 2.45) is 0 Å². The largest absolute Gasteiger partial charge is 0.497 e. The van der Waals surface area contributed by atoms with E-state index >= 15 is 0 Å². The van der Waals surface area contributed by atoms with Crippen LogP contribution in [0.2, 0.25) is 0 Å². The summed E-state index contributed by atoms with van der Waals surface area (Å²) in [6, 6.07) is 10.8. The molecule has 0 unspecified atom stereocenters. The molecule has 0 radical (unpaired) electrons. The van der Waals surface area contributed by atoms with Gasteiger partial charge in [0, 0.05) is 17.7 Å². The summed E-state index contributed by atoms with van der Waals surface area (Å²) in [7, 11) is 1.43. The lowest BCUT2D eigenvalue weighted by atomic mass is 10.2. The van der Waals surface area contributed by atoms with E-state index in [9.17, 15) is 9.18 Å². The van der Waals surface area contributed by atoms with Gasteiger partial charge in [-0.05, 0) is 49.2 Å². The van der Waals surface area contributed by atoms with Gasteiger partial charge in [0.1, 0.15) is 17.3 Å². The van der Waals surface area contributed by atoms with Crippen LogP contribution in [-0.4, -0.2) is 23.2 Å². The number of anilines is 1. The minimum Gasteiger partial charge on any atom is -0.497 e. The van der Waals surface area contributed by atoms with Crippen molar-refractivity contribution >= 4 is 11.6 Å². The number of carbonyl (C=O) groups is 1. The molecule has 3 aromatic rings. The summed E-state index contributed by atoms with van der Waals surface area (Å²) < 4.78 is 29.7. The van der Waals surface area contributed by atoms with Crippen molar-refractivity contribution in [3.8, 4) is 11.5 Å². The zero-order valence-electron chi connectivity index (χ0n) is 15.1. The number of hydrogen-bond acceptors (Lipinski definition) is 6. The molecule has 28 heavy (non-hydrogen) atoms. The second-order valence-electron chi connectivity index (χ2n) is 6.44. The van der Waals surface area contributed by atoms with E-state index in [0.29, 0.717) is 34.8 Å². The molecule has 7 nitrogen and oxygen atoms in total. The molecule has 144 valence electrons. The number of benzene rings is 2. The maximum absolute atomic E-state index is 14.0. The number of aromatic nitrogens is 2. The molecule has 1 N–H and O–H groups in total. The number of carbonyl (C=O) groups excluding carboxylic acids is 1. The average Bonchev–Trinajstić information content (AvgIpc) is 3.45. The SMILES string of the molecule is COc1ccc(C(=O)Nc2ccc(OCc3noc(C4CC4)n3)cc2)c(F)c1. The lowest BCUT2D eigenvalue weighted by Crippen LogP contribution is -2.13. The van der Waals surface area contributed by atoms with Gasteiger partial charge in [-0.25, -0.2) is 4.39 Å². The van der Waals surface area contributed by atoms with Crippen LogP contribution in [0.3, 0.4) is 0 Å². The predicted molar refractivity (Wildman–Crippen MR) is 98.0 cm³/mol. The fraction of sp³-hybridized carbons (Fsp3) is 0.250. The molecule has 2 aromatic carbocycles. The standard InChI is InChI=1S/C20H18FN3O4/c1-26-15-8-9-16(17(21)10-15)19(25)22-13-4-6-14(7-5-13)27-11-18-23-20(28-24-18)12-2-3-12/h4-10,12H,2-3,11H2,1H3,(H,22,25). The van der Waals surface area contributed by atoms with Crippen molar-refractivity contribution in [3.63, 3.8) is 0 Å². The summed E-state index contributed by atoms with van der Waals surface area (Å²) >= 11 is 0. The van der Waals surface area contributed by atoms with Crippen molar-refractivity contribution < 1.29 is 23.2 Å². The topological polar surface area (TPSA) is 86.5 Å². The Balaban J connectivity index is 1.34. The van der Waals surface area contributed by atoms with Crippen LogP contribution in [0.25, 0.3) is 0 Å². The second kappa shape index (κ2) is 7.67. The van der Waals surface area contributed by atoms with Crippen LogP contribution >= 0.6 is 0 Å². The van der Waals surface area contributed by atoms with Gasteiger partial charge in [0.2, 0.25) is 11.7 Å². The number of nitrogens with one attached hydrogen (secondary N) is 1. The van der Waals surface area contributed by atoms with Gasteiger partial charge in [-0.2, -0.15) is 4.98 Å². The Morgan fingerprint density at radius 2 is 1.96 bits per heavy atom. The first-order valence-corrected chi connectivity index (χ1v) is 8.82. The normalized spacial score (nSPS) is 13.2. The summed E-state index contributed by atoms with van der Waals surface area (Å²) in [5.74, 6) is 1.31. The molecule has 1 saturated carbocycles. The van der Waals surface area contributed by atoms with Gasteiger partial charge >= 0.3 is 0 Å². The number of methoxy groups -OCH3 is 1. The molecular formula is C20H18FN3O4. The zero-order valence-corrected chi connectivity index (χ0v) is 15.1. The number of amides is 1. The quantitative estimate of drug-likeness (QED) is 0.665. The number of rotatable bonds is 7. The molecule has 1 aliphatic rings. The molecule has 0 atom stereocenters. The minimum atomic E-state index is -0.650. The van der Waals surface area contributed by atoms with Gasteiger partial charge in [0.15, 0.2) is 6.61 Å². The number of ether oxygens (including phenoxy) is 2. The Hall–Kier alpha value is -3.42. The third-order valence-electron chi connectivity index (χ3n) is 4.31. The van der Waals surface area contributed by atoms with E-state index in [1.807, 2.05) is 0 Å². The molecule has 1 amide bonds. The number of halogens is 1. The molecule has 1 aliphatic carbocycles. The van der Waals surface area contributed by atoms with Crippen molar-refractivity contribution in [3.05, 3.63) is 65.6 Å². The minimum absolute atomic E-state index is 0.0651. The molecule has 0 saturated heterocycles. The number of hydrogen-bond donors (Lipinski definition) is 1. The van der Waals surface area contributed by atoms with Crippen LogP contribution < -0.4 is 14.8 Å². The summed E-state index contributed by atoms with van der Waals surface area (Å²) in [5.41, 5.74) is 0.452. The lowest BCUT2D eigenvalue weighted by Gasteiger charge is -2.08. The molecule has 8 heteroatoms. The Labute approximate surface area is 160 Å². The monoisotopic (exact) mass is 383 g/mol. The van der Waals surface area contributed by atoms with Crippen LogP contribution in [0, 0.1) is 5.82 Å². The zero-order chi connectivity index (χ0) is 19.5. The molecule has 0 aliphatic heterocycles. The first-order chi connectivity index (χ1) is 13.6. The molecular weight excluding hydrogens is 365 g/mol. The average molecular weight is 383 g/mol. The maximum atomic E-state index is 14.0. The summed E-state index contributed by atoms with van der Waals surface area (Å²) in [5, 5.41) is 6.54. The van der Waals surface area contributed by atoms with E-state index in [-0.39, 0.29) is 12.2 Å². The third-order valence-corrected chi connectivity index (χ3v) is 4.31. The highest BCUT2D eigenvalue weighted by Gasteiger charge is 2.29. The summed E-state index contributed by atoms with van der Waals surface area (Å²) in [6.07, 6.45) is 2.19. The highest BCUT2D eigenvalue weighted by atomic mass is 19.1. The summed E-state index contributed by atoms with van der Waals surface area (Å²) in [4.78, 5) is 16.5. The van der Waals surface area contributed by atoms with Crippen LogP contribution in [0.4, 0.5) is 10.1 Å². The molecule has 1 heterocycles. The Kier molecular flexibility index (Phi) is 4.92. The highest BCUT2D eigenvalue weighted by molar-refractivity contribution is 6.04. The van der Waals surface area contributed by atoms with E-state index in [0.717, 1.165) is 12.8 Å². The Bertz CT molecular complexity index is 983. The molecule has 4 rings (SSSR count). The molecule has 0 bridgehead atoms. The van der Waals surface area contributed by atoms with Gasteiger partial charge in [-0.1, -0.05) is 5.16 Å². The van der Waals surface area contributed by atoms with E-state index < -0.39 is 11.7 Å². The van der Waals surface area contributed by atoms with Gasteiger partial charge in [-0.3, -0.25) is 4.79 Å². The second-order valence-corrected chi connectivity index (χ2v) is 6.44. The lowest BCUT2D eigenvalue weighted by molar-refractivity contribution is 0.102. The fourth-order valence-electron chi connectivity index (χ4n) is 2.61. The van der Waals surface area contributed by atoms with Crippen LogP contribution in [0.1, 0.15) is 40.8 Å². The Morgan fingerprint density at radius 1 is 1.21 bits per heavy atom. The van der Waals surface area contributed by atoms with Gasteiger partial charge < -0.3 is 19.3 Å². The van der Waals surface area contributed by atoms with Crippen molar-refractivity contribution in [1.29, 1.82) is 0 Å². The third kappa shape index (κ3) is 4.11. The van der Waals surface area contributed by atoms with Crippen LogP contribution in [-0.2, 0) is 6.61 Å². The van der Waals surface area contributed by atoms with E-state index in [4.69, 9.17) is 14.0 Å². The van der Waals surface area contributed by atoms with Crippen LogP contribution in [0.5, 0.6) is 11.5 Å². The summed E-state index contributed by atoms with van der Waals surface area (Å²) in [6.45, 7) is 0.193. The highest BCUT2D eigenvalue weighted by Crippen LogP contribution is 2.38.